The van der Waals surface area contributed by atoms with E-state index in [1.807, 2.05) is 45.9 Å². The molecule has 57 heavy (non-hydrogen) atoms. The molecule has 17 nitrogen and oxygen atoms in total. The zero-order chi connectivity index (χ0) is 41.2. The van der Waals surface area contributed by atoms with Crippen molar-refractivity contribution in [1.29, 1.82) is 0 Å². The third kappa shape index (κ3) is 15.7. The molecule has 0 aromatic heterocycles. The van der Waals surface area contributed by atoms with Crippen molar-refractivity contribution in [3.63, 3.8) is 0 Å². The zero-order valence-corrected chi connectivity index (χ0v) is 34.5. The summed E-state index contributed by atoms with van der Waals surface area (Å²) < 4.78 is 16.4. The minimum Gasteiger partial charge on any atom is -0.391 e. The number of nitrogens with zero attached hydrogens (tertiary/aromatic N) is 3. The lowest BCUT2D eigenvalue weighted by molar-refractivity contribution is -0.133. The molecule has 0 aliphatic carbocycles. The van der Waals surface area contributed by atoms with Gasteiger partial charge in [-0.3, -0.25) is 24.8 Å². The van der Waals surface area contributed by atoms with E-state index in [1.165, 1.54) is 0 Å². The highest BCUT2D eigenvalue weighted by molar-refractivity contribution is 5.91. The molecule has 5 amide bonds. The maximum Gasteiger partial charge on any atom is 0.315 e. The third-order valence-electron chi connectivity index (χ3n) is 10.9. The van der Waals surface area contributed by atoms with Crippen molar-refractivity contribution in [3.8, 4) is 0 Å². The molecule has 17 heteroatoms. The highest BCUT2D eigenvalue weighted by Gasteiger charge is 2.40. The van der Waals surface area contributed by atoms with E-state index in [9.17, 15) is 24.3 Å². The first-order valence-electron chi connectivity index (χ1n) is 20.8. The number of ketones is 1. The second kappa shape index (κ2) is 24.5. The van der Waals surface area contributed by atoms with Gasteiger partial charge in [-0.1, -0.05) is 58.0 Å². The number of carbonyl (C=O) groups is 4. The third-order valence-corrected chi connectivity index (χ3v) is 10.9. The Morgan fingerprint density at radius 1 is 0.772 bits per heavy atom. The normalized spacial score (nSPS) is 20.0. The second-order valence-corrected chi connectivity index (χ2v) is 16.0. The summed E-state index contributed by atoms with van der Waals surface area (Å²) in [5.74, 6) is -2.45. The quantitative estimate of drug-likeness (QED) is 0.0838. The fraction of sp³-hybridized carbons (Fsp3) is 0.750. The number of benzene rings is 1. The van der Waals surface area contributed by atoms with E-state index in [2.05, 4.69) is 36.5 Å². The van der Waals surface area contributed by atoms with Crippen molar-refractivity contribution >= 4 is 23.8 Å². The number of rotatable bonds is 21. The van der Waals surface area contributed by atoms with Crippen molar-refractivity contribution in [2.75, 3.05) is 105 Å². The molecule has 5 atom stereocenters. The first-order valence-corrected chi connectivity index (χ1v) is 20.8. The number of urea groups is 2. The van der Waals surface area contributed by atoms with Gasteiger partial charge in [0.2, 0.25) is 0 Å². The molecule has 3 aliphatic rings. The minimum absolute atomic E-state index is 0.132. The minimum atomic E-state index is -1.35. The van der Waals surface area contributed by atoms with E-state index in [0.717, 1.165) is 39.0 Å². The Balaban J connectivity index is 1.48. The molecule has 0 bridgehead atoms. The molecule has 3 saturated heterocycles. The van der Waals surface area contributed by atoms with E-state index in [-0.39, 0.29) is 24.3 Å². The SMILES string of the molecule is CC(C)[C@H](NC(=O)NCCN1CCOCC1)C(=O)NN(CC1CCOCC1)C[C@@H](O)[C@@H](C(=O)[C@@H](NC(=O)NCCN1CCOCC1)C(C)C)C(N)c1ccccc1. The monoisotopic (exact) mass is 804 g/mol. The molecule has 1 aromatic carbocycles. The van der Waals surface area contributed by atoms with Crippen LogP contribution in [0.5, 0.6) is 0 Å². The number of aliphatic hydroxyl groups excluding tert-OH is 1. The largest absolute Gasteiger partial charge is 0.391 e. The van der Waals surface area contributed by atoms with Crippen molar-refractivity contribution in [2.24, 2.45) is 29.4 Å². The topological polar surface area (TPSA) is 212 Å². The van der Waals surface area contributed by atoms with Crippen LogP contribution in [-0.4, -0.2) is 167 Å². The van der Waals surface area contributed by atoms with Crippen molar-refractivity contribution in [2.45, 2.75) is 64.8 Å². The number of hydrogen-bond donors (Lipinski definition) is 7. The summed E-state index contributed by atoms with van der Waals surface area (Å²) in [4.78, 5) is 59.1. The molecule has 3 heterocycles. The number of aliphatic hydroxyl groups is 1. The number of carbonyl (C=O) groups excluding carboxylic acids is 4. The van der Waals surface area contributed by atoms with Gasteiger partial charge in [0.25, 0.3) is 5.91 Å². The van der Waals surface area contributed by atoms with Gasteiger partial charge in [0, 0.05) is 84.7 Å². The predicted molar refractivity (Wildman–Crippen MR) is 216 cm³/mol. The summed E-state index contributed by atoms with van der Waals surface area (Å²) in [6.07, 6.45) is 0.159. The molecule has 4 rings (SSSR count). The smallest absolute Gasteiger partial charge is 0.315 e. The molecule has 3 aliphatic heterocycles. The maximum absolute atomic E-state index is 14.6. The van der Waals surface area contributed by atoms with Gasteiger partial charge in [0.15, 0.2) is 5.78 Å². The van der Waals surface area contributed by atoms with Gasteiger partial charge in [-0.2, -0.15) is 0 Å². The summed E-state index contributed by atoms with van der Waals surface area (Å²) in [5, 5.41) is 25.2. The lowest BCUT2D eigenvalue weighted by atomic mass is 9.80. The molecular formula is C40H69N9O8. The van der Waals surface area contributed by atoms with Gasteiger partial charge < -0.3 is 46.3 Å². The van der Waals surface area contributed by atoms with E-state index in [0.29, 0.717) is 77.9 Å². The van der Waals surface area contributed by atoms with Crippen LogP contribution in [0.3, 0.4) is 0 Å². The Kier molecular flexibility index (Phi) is 19.9. The van der Waals surface area contributed by atoms with Crippen LogP contribution in [0.1, 0.15) is 52.1 Å². The Bertz CT molecular complexity index is 1360. The molecular weight excluding hydrogens is 734 g/mol. The van der Waals surface area contributed by atoms with Crippen LogP contribution in [0.4, 0.5) is 9.59 Å². The number of amides is 5. The van der Waals surface area contributed by atoms with E-state index in [1.54, 1.807) is 17.1 Å². The van der Waals surface area contributed by atoms with Crippen molar-refractivity contribution in [1.82, 2.24) is 41.5 Å². The van der Waals surface area contributed by atoms with Gasteiger partial charge in [0.05, 0.1) is 44.5 Å². The van der Waals surface area contributed by atoms with E-state index < -0.39 is 53.9 Å². The standard InChI is InChI=1S/C40H69N9O8/c1-28(2)35(44-39(53)42-12-14-47-16-22-56-23-17-47)37(51)33(34(41)31-8-6-5-7-9-31)32(50)27-49(26-30-10-20-55-21-11-30)46-38(52)36(29(3)4)45-40(54)43-13-15-48-18-24-57-25-19-48/h5-9,28-30,32-36,50H,10-27,41H2,1-4H3,(H,46,52)(H2,42,44,53)(H2,43,45,54)/t32-,33-,34?,35+,36+/m1/s1. The average molecular weight is 804 g/mol. The first kappa shape index (κ1) is 46.3. The summed E-state index contributed by atoms with van der Waals surface area (Å²) in [6, 6.07) is 5.39. The zero-order valence-electron chi connectivity index (χ0n) is 34.5. The maximum atomic E-state index is 14.6. The highest BCUT2D eigenvalue weighted by Crippen LogP contribution is 2.27. The Labute approximate surface area is 338 Å². The van der Waals surface area contributed by atoms with E-state index in [4.69, 9.17) is 19.9 Å². The van der Waals surface area contributed by atoms with Crippen LogP contribution in [0, 0.1) is 23.7 Å². The fourth-order valence-corrected chi connectivity index (χ4v) is 7.46. The number of morpholine rings is 2. The lowest BCUT2D eigenvalue weighted by Gasteiger charge is -2.37. The molecule has 1 unspecified atom stereocenters. The van der Waals surface area contributed by atoms with Crippen LogP contribution in [0.2, 0.25) is 0 Å². The summed E-state index contributed by atoms with van der Waals surface area (Å²) in [7, 11) is 0. The number of ether oxygens (including phenoxy) is 3. The van der Waals surface area contributed by atoms with Crippen LogP contribution in [0.25, 0.3) is 0 Å². The van der Waals surface area contributed by atoms with Crippen LogP contribution >= 0.6 is 0 Å². The molecule has 0 radical (unpaired) electrons. The Morgan fingerprint density at radius 2 is 1.26 bits per heavy atom. The van der Waals surface area contributed by atoms with Gasteiger partial charge in [0.1, 0.15) is 6.04 Å². The molecule has 0 spiro atoms. The van der Waals surface area contributed by atoms with Crippen LogP contribution in [-0.2, 0) is 23.8 Å². The number of Topliss-reactive ketones (excluding diaryl/α,β-unsaturated/α-hetero) is 1. The van der Waals surface area contributed by atoms with Gasteiger partial charge in [-0.25, -0.2) is 14.6 Å². The lowest BCUT2D eigenvalue weighted by Crippen LogP contribution is -2.59. The summed E-state index contributed by atoms with van der Waals surface area (Å²) in [5.41, 5.74) is 10.5. The van der Waals surface area contributed by atoms with Crippen LogP contribution in [0.15, 0.2) is 30.3 Å². The number of nitrogens with one attached hydrogen (secondary N) is 5. The Hall–Kier alpha value is -3.42. The fourth-order valence-electron chi connectivity index (χ4n) is 7.46. The molecule has 8 N–H and O–H groups in total. The van der Waals surface area contributed by atoms with Crippen LogP contribution < -0.4 is 32.4 Å². The number of hydrogen-bond acceptors (Lipinski definition) is 12. The average Bonchev–Trinajstić information content (AvgIpc) is 3.20. The molecule has 322 valence electrons. The molecule has 0 saturated carbocycles. The number of nitrogens with two attached hydrogens (primary N) is 1. The van der Waals surface area contributed by atoms with Gasteiger partial charge >= 0.3 is 12.1 Å². The molecule has 1 aromatic rings. The predicted octanol–water partition coefficient (Wildman–Crippen LogP) is 0.304. The first-order chi connectivity index (χ1) is 27.4. The number of hydrazine groups is 1. The van der Waals surface area contributed by atoms with Gasteiger partial charge in [-0.05, 0) is 36.2 Å². The van der Waals surface area contributed by atoms with E-state index >= 15 is 0 Å². The highest BCUT2D eigenvalue weighted by atomic mass is 16.5. The van der Waals surface area contributed by atoms with Crippen molar-refractivity contribution in [3.05, 3.63) is 35.9 Å². The Morgan fingerprint density at radius 3 is 1.77 bits per heavy atom. The van der Waals surface area contributed by atoms with Crippen molar-refractivity contribution < 1.29 is 38.5 Å². The summed E-state index contributed by atoms with van der Waals surface area (Å²) in [6.45, 7) is 16.7. The van der Waals surface area contributed by atoms with Gasteiger partial charge in [-0.15, -0.1) is 0 Å². The summed E-state index contributed by atoms with van der Waals surface area (Å²) >= 11 is 0. The second-order valence-electron chi connectivity index (χ2n) is 16.0. The molecule has 3 fully saturated rings.